The Labute approximate surface area is 158 Å². The van der Waals surface area contributed by atoms with Crippen LogP contribution >= 0.6 is 21.4 Å². The summed E-state index contributed by atoms with van der Waals surface area (Å²) in [6, 6.07) is 3.76. The number of phenols is 2. The van der Waals surface area contributed by atoms with E-state index in [0.29, 0.717) is 0 Å². The Morgan fingerprint density at radius 1 is 0.808 bits per heavy atom. The van der Waals surface area contributed by atoms with Gasteiger partial charge in [0.25, 0.3) is 18.1 Å². The van der Waals surface area contributed by atoms with Crippen molar-refractivity contribution in [1.29, 1.82) is 0 Å². The maximum absolute atomic E-state index is 11.8. The van der Waals surface area contributed by atoms with Crippen LogP contribution in [-0.2, 0) is 18.1 Å². The molecule has 142 valence electrons. The van der Waals surface area contributed by atoms with Gasteiger partial charge in [0.15, 0.2) is 23.0 Å². The highest BCUT2D eigenvalue weighted by atomic mass is 35.7. The molecule has 2 aromatic carbocycles. The van der Waals surface area contributed by atoms with Crippen LogP contribution in [0.3, 0.4) is 0 Å². The lowest BCUT2D eigenvalue weighted by atomic mass is 10.2. The lowest BCUT2D eigenvalue weighted by Crippen LogP contribution is -2.01. The molecule has 0 saturated carbocycles. The highest BCUT2D eigenvalue weighted by Gasteiger charge is 2.25. The largest absolute Gasteiger partial charge is 0.508 e. The summed E-state index contributed by atoms with van der Waals surface area (Å²) >= 11 is 0. The number of methoxy groups -OCH3 is 1. The zero-order chi connectivity index (χ0) is 19.9. The molecule has 0 heterocycles. The fourth-order valence-corrected chi connectivity index (χ4v) is 3.97. The van der Waals surface area contributed by atoms with Crippen molar-refractivity contribution in [3.05, 3.63) is 29.8 Å². The number of halogens is 2. The summed E-state index contributed by atoms with van der Waals surface area (Å²) in [4.78, 5) is -1.10. The van der Waals surface area contributed by atoms with Crippen molar-refractivity contribution in [2.24, 2.45) is 0 Å². The smallest absolute Gasteiger partial charge is 0.265 e. The van der Waals surface area contributed by atoms with E-state index in [1.165, 1.54) is 14.0 Å². The molecule has 0 radical (unpaired) electrons. The van der Waals surface area contributed by atoms with Gasteiger partial charge in [0.05, 0.1) is 7.11 Å². The summed E-state index contributed by atoms with van der Waals surface area (Å²) in [5, 5.41) is 19.7. The van der Waals surface area contributed by atoms with Crippen molar-refractivity contribution in [3.63, 3.8) is 0 Å². The number of aromatic hydroxyl groups is 2. The summed E-state index contributed by atoms with van der Waals surface area (Å²) in [7, 11) is 3.25. The predicted molar refractivity (Wildman–Crippen MR) is 93.7 cm³/mol. The third-order valence-corrected chi connectivity index (χ3v) is 5.94. The SMILES string of the molecule is COc1cc(S(=O)(=O)Cl)c(Oc2cc(O)c(C)cc2S(=O)(=O)Cl)cc1O. The van der Waals surface area contributed by atoms with Gasteiger partial charge in [-0.3, -0.25) is 0 Å². The first-order valence-electron chi connectivity index (χ1n) is 6.66. The molecule has 0 aliphatic heterocycles. The molecule has 0 unspecified atom stereocenters. The second-order valence-corrected chi connectivity index (χ2v) is 10.1. The van der Waals surface area contributed by atoms with Gasteiger partial charge in [0.1, 0.15) is 15.5 Å². The molecule has 0 fully saturated rings. The molecule has 26 heavy (non-hydrogen) atoms. The second-order valence-electron chi connectivity index (χ2n) is 5.03. The molecule has 0 atom stereocenters. The zero-order valence-electron chi connectivity index (χ0n) is 13.2. The Kier molecular flexibility index (Phi) is 5.52. The first-order valence-corrected chi connectivity index (χ1v) is 11.3. The molecular formula is C14H12Cl2O8S2. The topological polar surface area (TPSA) is 127 Å². The minimum Gasteiger partial charge on any atom is -0.508 e. The van der Waals surface area contributed by atoms with Crippen molar-refractivity contribution in [1.82, 2.24) is 0 Å². The fourth-order valence-electron chi connectivity index (χ4n) is 2.00. The van der Waals surface area contributed by atoms with Gasteiger partial charge in [-0.2, -0.15) is 0 Å². The van der Waals surface area contributed by atoms with Crippen LogP contribution in [0.1, 0.15) is 5.56 Å². The molecular weight excluding hydrogens is 431 g/mol. The maximum Gasteiger partial charge on any atom is 0.265 e. The highest BCUT2D eigenvalue weighted by molar-refractivity contribution is 8.14. The molecule has 2 aromatic rings. The van der Waals surface area contributed by atoms with Crippen LogP contribution in [0.4, 0.5) is 0 Å². The van der Waals surface area contributed by atoms with E-state index in [-0.39, 0.29) is 17.1 Å². The van der Waals surface area contributed by atoms with E-state index in [1.54, 1.807) is 0 Å². The van der Waals surface area contributed by atoms with E-state index in [4.69, 9.17) is 30.8 Å². The number of hydrogen-bond acceptors (Lipinski definition) is 8. The van der Waals surface area contributed by atoms with E-state index < -0.39 is 45.1 Å². The molecule has 2 rings (SSSR count). The number of ether oxygens (including phenoxy) is 2. The van der Waals surface area contributed by atoms with Crippen LogP contribution in [0.15, 0.2) is 34.1 Å². The van der Waals surface area contributed by atoms with Crippen LogP contribution in [0, 0.1) is 6.92 Å². The van der Waals surface area contributed by atoms with Gasteiger partial charge in [0.2, 0.25) is 0 Å². The van der Waals surface area contributed by atoms with Gasteiger partial charge in [0, 0.05) is 39.6 Å². The Morgan fingerprint density at radius 2 is 1.27 bits per heavy atom. The summed E-state index contributed by atoms with van der Waals surface area (Å²) in [5.74, 6) is -1.97. The Bertz CT molecular complexity index is 1080. The average Bonchev–Trinajstić information content (AvgIpc) is 2.48. The van der Waals surface area contributed by atoms with Gasteiger partial charge in [-0.1, -0.05) is 0 Å². The van der Waals surface area contributed by atoms with E-state index >= 15 is 0 Å². The van der Waals surface area contributed by atoms with Gasteiger partial charge < -0.3 is 19.7 Å². The summed E-state index contributed by atoms with van der Waals surface area (Å²) in [6.45, 7) is 1.43. The molecule has 0 bridgehead atoms. The molecule has 2 N–H and O–H groups in total. The summed E-state index contributed by atoms with van der Waals surface area (Å²) < 4.78 is 57.2. The summed E-state index contributed by atoms with van der Waals surface area (Å²) in [5.41, 5.74) is 0.194. The van der Waals surface area contributed by atoms with Crippen molar-refractivity contribution in [3.8, 4) is 28.7 Å². The van der Waals surface area contributed by atoms with Gasteiger partial charge >= 0.3 is 0 Å². The molecule has 0 amide bonds. The lowest BCUT2D eigenvalue weighted by Gasteiger charge is -2.15. The van der Waals surface area contributed by atoms with Crippen LogP contribution in [0.25, 0.3) is 0 Å². The molecule has 0 aliphatic carbocycles. The molecule has 0 aliphatic rings. The van der Waals surface area contributed by atoms with E-state index in [9.17, 15) is 27.0 Å². The van der Waals surface area contributed by atoms with Gasteiger partial charge in [-0.05, 0) is 18.6 Å². The standard InChI is InChI=1S/C14H12Cl2O8S2/c1-7-3-13(25(15,19)20)11(4-8(7)17)24-12-5-9(18)10(23-2)6-14(12)26(16,21)22/h3-6,17-18H,1-2H3. The van der Waals surface area contributed by atoms with Crippen molar-refractivity contribution < 1.29 is 36.5 Å². The molecule has 0 saturated heterocycles. The molecule has 0 spiro atoms. The van der Waals surface area contributed by atoms with Crippen LogP contribution in [-0.4, -0.2) is 34.2 Å². The van der Waals surface area contributed by atoms with E-state index in [1.807, 2.05) is 0 Å². The monoisotopic (exact) mass is 442 g/mol. The van der Waals surface area contributed by atoms with Crippen LogP contribution in [0.5, 0.6) is 28.7 Å². The third-order valence-electron chi connectivity index (χ3n) is 3.25. The number of hydrogen-bond donors (Lipinski definition) is 2. The van der Waals surface area contributed by atoms with Crippen molar-refractivity contribution >= 4 is 39.5 Å². The zero-order valence-corrected chi connectivity index (χ0v) is 16.4. The summed E-state index contributed by atoms with van der Waals surface area (Å²) in [6.07, 6.45) is 0. The lowest BCUT2D eigenvalue weighted by molar-refractivity contribution is 0.366. The van der Waals surface area contributed by atoms with Gasteiger partial charge in [-0.15, -0.1) is 0 Å². The third kappa shape index (κ3) is 4.26. The second kappa shape index (κ2) is 7.03. The Hall–Kier alpha value is -1.88. The molecule has 12 heteroatoms. The quantitative estimate of drug-likeness (QED) is 0.675. The fraction of sp³-hybridized carbons (Fsp3) is 0.143. The minimum absolute atomic E-state index is 0.194. The number of aryl methyl sites for hydroxylation is 1. The predicted octanol–water partition coefficient (Wildman–Crippen LogP) is 3.06. The van der Waals surface area contributed by atoms with Crippen molar-refractivity contribution in [2.45, 2.75) is 16.7 Å². The first-order chi connectivity index (χ1) is 11.8. The Morgan fingerprint density at radius 3 is 1.73 bits per heavy atom. The number of benzene rings is 2. The van der Waals surface area contributed by atoms with E-state index in [2.05, 4.69) is 0 Å². The normalized spacial score (nSPS) is 12.0. The number of rotatable bonds is 5. The average molecular weight is 443 g/mol. The first kappa shape index (κ1) is 20.4. The maximum atomic E-state index is 11.8. The van der Waals surface area contributed by atoms with Crippen LogP contribution in [0.2, 0.25) is 0 Å². The minimum atomic E-state index is -4.36. The number of phenolic OH excluding ortho intramolecular Hbond substituents is 2. The van der Waals surface area contributed by atoms with Gasteiger partial charge in [-0.25, -0.2) is 16.8 Å². The van der Waals surface area contributed by atoms with E-state index in [0.717, 1.165) is 24.3 Å². The van der Waals surface area contributed by atoms with Crippen molar-refractivity contribution in [2.75, 3.05) is 7.11 Å². The molecule has 8 nitrogen and oxygen atoms in total. The highest BCUT2D eigenvalue weighted by Crippen LogP contribution is 2.42. The Balaban J connectivity index is 2.74. The molecule has 0 aromatic heterocycles. The van der Waals surface area contributed by atoms with Crippen LogP contribution < -0.4 is 9.47 Å².